The Morgan fingerprint density at radius 3 is 2.72 bits per heavy atom. The highest BCUT2D eigenvalue weighted by atomic mass is 79.9. The predicted octanol–water partition coefficient (Wildman–Crippen LogP) is 3.67. The molecule has 0 unspecified atom stereocenters. The van der Waals surface area contributed by atoms with Crippen molar-refractivity contribution in [3.8, 4) is 0 Å². The number of carbonyl (C=O) groups excluding carboxylic acids is 3. The molecule has 136 valence electrons. The van der Waals surface area contributed by atoms with E-state index in [0.29, 0.717) is 12.1 Å². The highest BCUT2D eigenvalue weighted by Gasteiger charge is 2.47. The number of imide groups is 1. The molecule has 1 aromatic carbocycles. The second-order valence-electron chi connectivity index (χ2n) is 6.52. The van der Waals surface area contributed by atoms with Gasteiger partial charge in [-0.15, -0.1) is 0 Å². The van der Waals surface area contributed by atoms with Gasteiger partial charge in [-0.05, 0) is 31.5 Å². The van der Waals surface area contributed by atoms with E-state index in [1.165, 1.54) is 0 Å². The van der Waals surface area contributed by atoms with E-state index in [4.69, 9.17) is 0 Å². The Balaban J connectivity index is 1.94. The summed E-state index contributed by atoms with van der Waals surface area (Å²) < 4.78 is 0.833. The van der Waals surface area contributed by atoms with Crippen LogP contribution in [0.4, 0.5) is 10.5 Å². The Morgan fingerprint density at radius 1 is 1.28 bits per heavy atom. The number of unbranched alkanes of at least 4 members (excludes halogenated alkanes) is 3. The number of hydrogen-bond acceptors (Lipinski definition) is 3. The molecule has 25 heavy (non-hydrogen) atoms. The van der Waals surface area contributed by atoms with Crippen molar-refractivity contribution in [2.24, 2.45) is 0 Å². The van der Waals surface area contributed by atoms with Gasteiger partial charge in [0.2, 0.25) is 5.91 Å². The summed E-state index contributed by atoms with van der Waals surface area (Å²) in [5.41, 5.74) is -0.310. The Hall–Kier alpha value is -1.89. The summed E-state index contributed by atoms with van der Waals surface area (Å²) in [4.78, 5) is 37.9. The van der Waals surface area contributed by atoms with Gasteiger partial charge in [0.25, 0.3) is 5.91 Å². The zero-order valence-corrected chi connectivity index (χ0v) is 16.2. The van der Waals surface area contributed by atoms with Crippen LogP contribution in [-0.4, -0.2) is 34.8 Å². The van der Waals surface area contributed by atoms with E-state index >= 15 is 0 Å². The molecule has 0 aliphatic carbocycles. The van der Waals surface area contributed by atoms with Crippen LogP contribution in [0.5, 0.6) is 0 Å². The van der Waals surface area contributed by atoms with Crippen LogP contribution in [0, 0.1) is 0 Å². The zero-order valence-electron chi connectivity index (χ0n) is 14.6. The fourth-order valence-corrected chi connectivity index (χ4v) is 3.28. The summed E-state index contributed by atoms with van der Waals surface area (Å²) in [7, 11) is 0. The molecule has 1 aliphatic heterocycles. The number of benzene rings is 1. The van der Waals surface area contributed by atoms with E-state index in [-0.39, 0.29) is 12.5 Å². The van der Waals surface area contributed by atoms with Crippen LogP contribution in [0.2, 0.25) is 0 Å². The second-order valence-corrected chi connectivity index (χ2v) is 7.44. The third-order valence-corrected chi connectivity index (χ3v) is 4.78. The molecule has 0 bridgehead atoms. The van der Waals surface area contributed by atoms with Gasteiger partial charge >= 0.3 is 6.03 Å². The summed E-state index contributed by atoms with van der Waals surface area (Å²) >= 11 is 3.33. The van der Waals surface area contributed by atoms with Crippen molar-refractivity contribution in [2.45, 2.75) is 51.5 Å². The van der Waals surface area contributed by atoms with Gasteiger partial charge in [-0.25, -0.2) is 4.79 Å². The molecule has 2 rings (SSSR count). The van der Waals surface area contributed by atoms with Crippen molar-refractivity contribution in [1.82, 2.24) is 10.2 Å². The smallest absolute Gasteiger partial charge is 0.324 e. The minimum atomic E-state index is -0.916. The Bertz CT molecular complexity index is 665. The van der Waals surface area contributed by atoms with E-state index in [0.717, 1.165) is 35.1 Å². The number of hydrogen-bond donors (Lipinski definition) is 2. The van der Waals surface area contributed by atoms with Gasteiger partial charge in [0.1, 0.15) is 12.1 Å². The zero-order chi connectivity index (χ0) is 18.4. The van der Waals surface area contributed by atoms with Gasteiger partial charge < -0.3 is 10.6 Å². The van der Waals surface area contributed by atoms with Crippen LogP contribution in [0.1, 0.15) is 46.0 Å². The van der Waals surface area contributed by atoms with Crippen molar-refractivity contribution in [3.63, 3.8) is 0 Å². The van der Waals surface area contributed by atoms with Crippen LogP contribution in [0.3, 0.4) is 0 Å². The maximum absolute atomic E-state index is 12.6. The van der Waals surface area contributed by atoms with Crippen molar-refractivity contribution in [3.05, 3.63) is 28.7 Å². The first kappa shape index (κ1) is 19.4. The van der Waals surface area contributed by atoms with Gasteiger partial charge in [-0.3, -0.25) is 14.5 Å². The molecule has 0 radical (unpaired) electrons. The first-order chi connectivity index (χ1) is 11.9. The third-order valence-electron chi connectivity index (χ3n) is 4.29. The third kappa shape index (κ3) is 5.04. The Labute approximate surface area is 156 Å². The molecule has 1 aliphatic rings. The molecule has 2 N–H and O–H groups in total. The lowest BCUT2D eigenvalue weighted by atomic mass is 9.94. The fraction of sp³-hybridized carbons (Fsp3) is 0.500. The van der Waals surface area contributed by atoms with E-state index in [1.807, 2.05) is 6.07 Å². The number of rotatable bonds is 8. The SMILES string of the molecule is CCCCCC[C@@]1(C)NC(=O)N(CC(=O)Nc2cccc(Br)c2)C1=O. The lowest BCUT2D eigenvalue weighted by Gasteiger charge is -2.21. The van der Waals surface area contributed by atoms with E-state index in [2.05, 4.69) is 33.5 Å². The lowest BCUT2D eigenvalue weighted by molar-refractivity contribution is -0.133. The highest BCUT2D eigenvalue weighted by molar-refractivity contribution is 9.10. The van der Waals surface area contributed by atoms with Gasteiger partial charge in [0, 0.05) is 10.2 Å². The molecular weight excluding hydrogens is 386 g/mol. The second kappa shape index (κ2) is 8.47. The molecule has 1 aromatic rings. The van der Waals surface area contributed by atoms with Gasteiger partial charge in [-0.2, -0.15) is 0 Å². The van der Waals surface area contributed by atoms with Crippen LogP contribution in [-0.2, 0) is 9.59 Å². The normalized spacial score (nSPS) is 19.9. The van der Waals surface area contributed by atoms with Crippen LogP contribution in [0.15, 0.2) is 28.7 Å². The number of urea groups is 1. The molecule has 1 atom stereocenters. The van der Waals surface area contributed by atoms with Gasteiger partial charge in [0.05, 0.1) is 0 Å². The molecule has 1 saturated heterocycles. The lowest BCUT2D eigenvalue weighted by Crippen LogP contribution is -2.44. The van der Waals surface area contributed by atoms with Crippen LogP contribution in [0.25, 0.3) is 0 Å². The molecule has 4 amide bonds. The Morgan fingerprint density at radius 2 is 2.04 bits per heavy atom. The number of nitrogens with one attached hydrogen (secondary N) is 2. The summed E-state index contributed by atoms with van der Waals surface area (Å²) in [6.07, 6.45) is 4.70. The molecule has 1 fully saturated rings. The number of halogens is 1. The average Bonchev–Trinajstić information content (AvgIpc) is 2.75. The van der Waals surface area contributed by atoms with Gasteiger partial charge in [-0.1, -0.05) is 54.6 Å². The van der Waals surface area contributed by atoms with Crippen molar-refractivity contribution >= 4 is 39.5 Å². The monoisotopic (exact) mass is 409 g/mol. The first-order valence-corrected chi connectivity index (χ1v) is 9.34. The van der Waals surface area contributed by atoms with E-state index in [1.54, 1.807) is 25.1 Å². The Kier molecular flexibility index (Phi) is 6.58. The predicted molar refractivity (Wildman–Crippen MR) is 100 cm³/mol. The summed E-state index contributed by atoms with van der Waals surface area (Å²) in [5, 5.41) is 5.43. The standard InChI is InChI=1S/C18H24BrN3O3/c1-3-4-5-6-10-18(2)16(24)22(17(25)21-18)12-15(23)20-14-9-7-8-13(19)11-14/h7-9,11H,3-6,10,12H2,1-2H3,(H,20,23)(H,21,25)/t18-/m1/s1. The molecule has 1 heterocycles. The molecule has 0 spiro atoms. The minimum Gasteiger partial charge on any atom is -0.324 e. The molecule has 6 nitrogen and oxygen atoms in total. The quantitative estimate of drug-likeness (QED) is 0.507. The number of anilines is 1. The molecule has 0 aromatic heterocycles. The molecular formula is C18H24BrN3O3. The highest BCUT2D eigenvalue weighted by Crippen LogP contribution is 2.24. The van der Waals surface area contributed by atoms with Crippen molar-refractivity contribution in [2.75, 3.05) is 11.9 Å². The van der Waals surface area contributed by atoms with Crippen LogP contribution >= 0.6 is 15.9 Å². The number of carbonyl (C=O) groups is 3. The van der Waals surface area contributed by atoms with Crippen LogP contribution < -0.4 is 10.6 Å². The molecule has 7 heteroatoms. The summed E-state index contributed by atoms with van der Waals surface area (Å²) in [6, 6.07) is 6.62. The van der Waals surface area contributed by atoms with E-state index < -0.39 is 17.5 Å². The summed E-state index contributed by atoms with van der Waals surface area (Å²) in [6.45, 7) is 3.56. The fourth-order valence-electron chi connectivity index (χ4n) is 2.88. The largest absolute Gasteiger partial charge is 0.325 e. The van der Waals surface area contributed by atoms with Crippen molar-refractivity contribution in [1.29, 1.82) is 0 Å². The van der Waals surface area contributed by atoms with Gasteiger partial charge in [0.15, 0.2) is 0 Å². The maximum atomic E-state index is 12.6. The average molecular weight is 410 g/mol. The number of amides is 4. The van der Waals surface area contributed by atoms with E-state index in [9.17, 15) is 14.4 Å². The minimum absolute atomic E-state index is 0.290. The topological polar surface area (TPSA) is 78.5 Å². The first-order valence-electron chi connectivity index (χ1n) is 8.55. The maximum Gasteiger partial charge on any atom is 0.325 e. The molecule has 0 saturated carbocycles. The van der Waals surface area contributed by atoms with Crippen molar-refractivity contribution < 1.29 is 14.4 Å². The summed E-state index contributed by atoms with van der Waals surface area (Å²) in [5.74, 6) is -0.741. The number of nitrogens with zero attached hydrogens (tertiary/aromatic N) is 1.